The molecule has 0 saturated carbocycles. The summed E-state index contributed by atoms with van der Waals surface area (Å²) in [5.74, 6) is -0.0915. The summed E-state index contributed by atoms with van der Waals surface area (Å²) in [6, 6.07) is 8.44. The Morgan fingerprint density at radius 2 is 2.00 bits per heavy atom. The molecule has 0 radical (unpaired) electrons. The molecule has 0 aromatic heterocycles. The fourth-order valence-corrected chi connectivity index (χ4v) is 2.36. The molecule has 1 unspecified atom stereocenters. The van der Waals surface area contributed by atoms with Crippen LogP contribution in [0, 0.1) is 11.3 Å². The Morgan fingerprint density at radius 1 is 1.35 bits per heavy atom. The van der Waals surface area contributed by atoms with Crippen LogP contribution < -0.4 is 4.90 Å². The number of amides is 2. The second kappa shape index (κ2) is 4.60. The van der Waals surface area contributed by atoms with E-state index in [1.165, 1.54) is 16.7 Å². The summed E-state index contributed by atoms with van der Waals surface area (Å²) in [6.45, 7) is 1.79. The fraction of sp³-hybridized carbons (Fsp3) is 0.250. The first kappa shape index (κ1) is 11.7. The Morgan fingerprint density at radius 3 is 2.59 bits per heavy atom. The predicted molar refractivity (Wildman–Crippen MR) is 65.6 cm³/mol. The molecule has 1 heterocycles. The van der Waals surface area contributed by atoms with E-state index in [1.54, 1.807) is 31.2 Å². The van der Waals surface area contributed by atoms with E-state index in [4.69, 9.17) is 5.26 Å². The molecule has 1 aliphatic heterocycles. The average Bonchev–Trinajstić information content (AvgIpc) is 2.35. The molecule has 1 aliphatic rings. The van der Waals surface area contributed by atoms with Crippen molar-refractivity contribution >= 4 is 29.3 Å². The van der Waals surface area contributed by atoms with Crippen molar-refractivity contribution < 1.29 is 9.59 Å². The van der Waals surface area contributed by atoms with E-state index in [1.807, 2.05) is 6.07 Å². The second-order valence-corrected chi connectivity index (χ2v) is 5.01. The Labute approximate surface area is 103 Å². The summed E-state index contributed by atoms with van der Waals surface area (Å²) in [7, 11) is 0. The van der Waals surface area contributed by atoms with Crippen molar-refractivity contribution in [3.8, 4) is 6.07 Å². The number of nitriles is 1. The Balaban J connectivity index is 2.33. The zero-order valence-electron chi connectivity index (χ0n) is 9.21. The molecule has 4 nitrogen and oxygen atoms in total. The van der Waals surface area contributed by atoms with Crippen LogP contribution in [0.3, 0.4) is 0 Å². The Hall–Kier alpha value is -1.80. The van der Waals surface area contributed by atoms with Gasteiger partial charge in [0.05, 0.1) is 28.3 Å². The van der Waals surface area contributed by atoms with Crippen molar-refractivity contribution in [2.24, 2.45) is 0 Å². The fourth-order valence-electron chi connectivity index (χ4n) is 1.59. The number of benzene rings is 1. The molecule has 1 aromatic rings. The molecule has 0 N–H and O–H groups in total. The third-order valence-corrected chi connectivity index (χ3v) is 3.64. The van der Waals surface area contributed by atoms with Crippen LogP contribution in [0.1, 0.15) is 12.5 Å². The molecule has 2 amide bonds. The van der Waals surface area contributed by atoms with Crippen LogP contribution in [0.15, 0.2) is 24.3 Å². The lowest BCUT2D eigenvalue weighted by Crippen LogP contribution is -2.46. The molecule has 1 fully saturated rings. The predicted octanol–water partition coefficient (Wildman–Crippen LogP) is 1.55. The largest absolute Gasteiger partial charge is 0.273 e. The third kappa shape index (κ3) is 2.17. The van der Waals surface area contributed by atoms with E-state index < -0.39 is 0 Å². The number of rotatable bonds is 1. The number of anilines is 1. The zero-order valence-corrected chi connectivity index (χ0v) is 10.0. The minimum atomic E-state index is -0.206. The maximum absolute atomic E-state index is 11.9. The highest BCUT2D eigenvalue weighted by Gasteiger charge is 2.33. The molecule has 0 aliphatic carbocycles. The average molecular weight is 246 g/mol. The molecule has 1 atom stereocenters. The van der Waals surface area contributed by atoms with Crippen LogP contribution in [0.5, 0.6) is 0 Å². The molecular formula is C12H10N2O2S. The summed E-state index contributed by atoms with van der Waals surface area (Å²) in [5.41, 5.74) is 1.04. The molecule has 2 rings (SSSR count). The first-order chi connectivity index (χ1) is 8.13. The van der Waals surface area contributed by atoms with Gasteiger partial charge in [-0.2, -0.15) is 5.26 Å². The van der Waals surface area contributed by atoms with E-state index >= 15 is 0 Å². The first-order valence-electron chi connectivity index (χ1n) is 5.12. The van der Waals surface area contributed by atoms with Gasteiger partial charge in [-0.15, -0.1) is 11.8 Å². The Kier molecular flexibility index (Phi) is 3.16. The monoisotopic (exact) mass is 246 g/mol. The van der Waals surface area contributed by atoms with Gasteiger partial charge >= 0.3 is 0 Å². The van der Waals surface area contributed by atoms with Gasteiger partial charge in [0.15, 0.2) is 0 Å². The molecule has 5 heteroatoms. The third-order valence-electron chi connectivity index (χ3n) is 2.53. The van der Waals surface area contributed by atoms with Crippen molar-refractivity contribution in [3.05, 3.63) is 29.8 Å². The summed E-state index contributed by atoms with van der Waals surface area (Å²) >= 11 is 1.35. The van der Waals surface area contributed by atoms with E-state index in [0.717, 1.165) is 0 Å². The maximum Gasteiger partial charge on any atom is 0.246 e. The maximum atomic E-state index is 11.9. The van der Waals surface area contributed by atoms with E-state index in [-0.39, 0.29) is 17.1 Å². The zero-order chi connectivity index (χ0) is 12.4. The smallest absolute Gasteiger partial charge is 0.246 e. The Bertz CT molecular complexity index is 504. The van der Waals surface area contributed by atoms with Crippen molar-refractivity contribution in [2.75, 3.05) is 10.7 Å². The summed E-state index contributed by atoms with van der Waals surface area (Å²) < 4.78 is 0. The standard InChI is InChI=1S/C12H10N2O2S/c1-8-12(16)14(11(15)7-17-8)10-4-2-9(6-13)3-5-10/h2-5,8H,7H2,1H3. The second-order valence-electron chi connectivity index (χ2n) is 3.68. The molecule has 1 saturated heterocycles. The molecular weight excluding hydrogens is 236 g/mol. The van der Waals surface area contributed by atoms with Gasteiger partial charge in [0.1, 0.15) is 0 Å². The highest BCUT2D eigenvalue weighted by molar-refractivity contribution is 8.01. The van der Waals surface area contributed by atoms with Crippen LogP contribution in [-0.2, 0) is 9.59 Å². The lowest BCUT2D eigenvalue weighted by Gasteiger charge is -2.28. The van der Waals surface area contributed by atoms with Crippen molar-refractivity contribution in [1.82, 2.24) is 0 Å². The van der Waals surface area contributed by atoms with Crippen LogP contribution in [-0.4, -0.2) is 22.8 Å². The number of thioether (sulfide) groups is 1. The number of hydrogen-bond donors (Lipinski definition) is 0. The van der Waals surface area contributed by atoms with Crippen molar-refractivity contribution in [3.63, 3.8) is 0 Å². The molecule has 86 valence electrons. The van der Waals surface area contributed by atoms with Crippen LogP contribution >= 0.6 is 11.8 Å². The molecule has 0 bridgehead atoms. The van der Waals surface area contributed by atoms with E-state index in [2.05, 4.69) is 0 Å². The quantitative estimate of drug-likeness (QED) is 0.705. The van der Waals surface area contributed by atoms with Gasteiger partial charge in [0.25, 0.3) is 0 Å². The summed E-state index contributed by atoms with van der Waals surface area (Å²) in [4.78, 5) is 24.8. The van der Waals surface area contributed by atoms with Crippen molar-refractivity contribution in [1.29, 1.82) is 5.26 Å². The number of carbonyl (C=O) groups excluding carboxylic acids is 2. The van der Waals surface area contributed by atoms with Crippen LogP contribution in [0.25, 0.3) is 0 Å². The van der Waals surface area contributed by atoms with Gasteiger partial charge in [-0.25, -0.2) is 4.90 Å². The summed E-state index contributed by atoms with van der Waals surface area (Å²) in [5, 5.41) is 8.48. The number of imide groups is 1. The van der Waals surface area contributed by atoms with Crippen LogP contribution in [0.2, 0.25) is 0 Å². The number of carbonyl (C=O) groups is 2. The molecule has 17 heavy (non-hydrogen) atoms. The SMILES string of the molecule is CC1SCC(=O)N(c2ccc(C#N)cc2)C1=O. The summed E-state index contributed by atoms with van der Waals surface area (Å²) in [6.07, 6.45) is 0. The normalized spacial score (nSPS) is 20.2. The molecule has 1 aromatic carbocycles. The minimum Gasteiger partial charge on any atom is -0.273 e. The van der Waals surface area contributed by atoms with Gasteiger partial charge in [0, 0.05) is 0 Å². The van der Waals surface area contributed by atoms with Crippen molar-refractivity contribution in [2.45, 2.75) is 12.2 Å². The number of hydrogen-bond acceptors (Lipinski definition) is 4. The topological polar surface area (TPSA) is 61.2 Å². The van der Waals surface area contributed by atoms with E-state index in [9.17, 15) is 9.59 Å². The van der Waals surface area contributed by atoms with Crippen LogP contribution in [0.4, 0.5) is 5.69 Å². The van der Waals surface area contributed by atoms with E-state index in [0.29, 0.717) is 17.0 Å². The van der Waals surface area contributed by atoms with Gasteiger partial charge in [0.2, 0.25) is 11.8 Å². The first-order valence-corrected chi connectivity index (χ1v) is 6.17. The molecule has 0 spiro atoms. The van der Waals surface area contributed by atoms with Gasteiger partial charge < -0.3 is 0 Å². The highest BCUT2D eigenvalue weighted by Crippen LogP contribution is 2.26. The van der Waals surface area contributed by atoms with Gasteiger partial charge in [-0.05, 0) is 31.2 Å². The highest BCUT2D eigenvalue weighted by atomic mass is 32.2. The number of nitrogens with zero attached hydrogens (tertiary/aromatic N) is 2. The minimum absolute atomic E-state index is 0.198. The van der Waals surface area contributed by atoms with Gasteiger partial charge in [-0.3, -0.25) is 9.59 Å². The van der Waals surface area contributed by atoms with Gasteiger partial charge in [-0.1, -0.05) is 0 Å². The lowest BCUT2D eigenvalue weighted by molar-refractivity contribution is -0.125. The lowest BCUT2D eigenvalue weighted by atomic mass is 10.2.